The van der Waals surface area contributed by atoms with E-state index in [0.29, 0.717) is 24.6 Å². The summed E-state index contributed by atoms with van der Waals surface area (Å²) in [5.41, 5.74) is 0.655. The number of hydrogen-bond donors (Lipinski definition) is 1. The van der Waals surface area contributed by atoms with Crippen molar-refractivity contribution in [2.45, 2.75) is 51.2 Å². The Labute approximate surface area is 126 Å². The Balaban J connectivity index is 1.89. The highest BCUT2D eigenvalue weighted by atomic mass is 16.5. The zero-order valence-corrected chi connectivity index (χ0v) is 12.9. The fourth-order valence-corrected chi connectivity index (χ4v) is 2.58. The Morgan fingerprint density at radius 3 is 2.52 bits per heavy atom. The number of carbonyl (C=O) groups is 1. The van der Waals surface area contributed by atoms with Crippen molar-refractivity contribution in [1.29, 1.82) is 0 Å². The summed E-state index contributed by atoms with van der Waals surface area (Å²) >= 11 is 0. The van der Waals surface area contributed by atoms with Crippen LogP contribution in [0.15, 0.2) is 24.3 Å². The normalized spacial score (nSPS) is 16.7. The molecule has 1 aliphatic carbocycles. The van der Waals surface area contributed by atoms with Crippen LogP contribution in [-0.2, 0) is 0 Å². The van der Waals surface area contributed by atoms with E-state index in [4.69, 9.17) is 4.74 Å². The minimum absolute atomic E-state index is 0.0249. The highest BCUT2D eigenvalue weighted by Gasteiger charge is 2.17. The summed E-state index contributed by atoms with van der Waals surface area (Å²) in [7, 11) is 1.76. The number of aliphatic hydroxyl groups excluding tert-OH is 1. The van der Waals surface area contributed by atoms with Crippen molar-refractivity contribution in [2.24, 2.45) is 0 Å². The van der Waals surface area contributed by atoms with Gasteiger partial charge in [0.15, 0.2) is 0 Å². The van der Waals surface area contributed by atoms with Gasteiger partial charge in [-0.15, -0.1) is 0 Å². The average molecular weight is 291 g/mol. The lowest BCUT2D eigenvalue weighted by molar-refractivity contribution is 0.0769. The Kier molecular flexibility index (Phi) is 5.62. The van der Waals surface area contributed by atoms with Crippen LogP contribution in [0.2, 0.25) is 0 Å². The summed E-state index contributed by atoms with van der Waals surface area (Å²) in [6, 6.07) is 7.36. The fourth-order valence-electron chi connectivity index (χ4n) is 2.58. The van der Waals surface area contributed by atoms with Crippen LogP contribution in [0.3, 0.4) is 0 Å². The largest absolute Gasteiger partial charge is 0.490 e. The predicted molar refractivity (Wildman–Crippen MR) is 82.6 cm³/mol. The second-order valence-corrected chi connectivity index (χ2v) is 5.91. The maximum Gasteiger partial charge on any atom is 0.253 e. The topological polar surface area (TPSA) is 49.8 Å². The van der Waals surface area contributed by atoms with Crippen molar-refractivity contribution in [3.05, 3.63) is 29.8 Å². The van der Waals surface area contributed by atoms with Gasteiger partial charge in [-0.25, -0.2) is 0 Å². The van der Waals surface area contributed by atoms with Crippen LogP contribution in [0.5, 0.6) is 5.75 Å². The zero-order chi connectivity index (χ0) is 15.2. The van der Waals surface area contributed by atoms with Crippen molar-refractivity contribution < 1.29 is 14.6 Å². The average Bonchev–Trinajstić information content (AvgIpc) is 2.97. The summed E-state index contributed by atoms with van der Waals surface area (Å²) in [6.45, 7) is 2.28. The van der Waals surface area contributed by atoms with Crippen LogP contribution in [-0.4, -0.2) is 41.7 Å². The van der Waals surface area contributed by atoms with Crippen molar-refractivity contribution in [1.82, 2.24) is 4.90 Å². The number of ether oxygens (including phenoxy) is 1. The number of hydrogen-bond acceptors (Lipinski definition) is 3. The molecule has 21 heavy (non-hydrogen) atoms. The number of benzene rings is 1. The van der Waals surface area contributed by atoms with Gasteiger partial charge in [-0.1, -0.05) is 0 Å². The molecule has 1 aliphatic rings. The number of carbonyl (C=O) groups excluding carboxylic acids is 1. The van der Waals surface area contributed by atoms with E-state index in [0.717, 1.165) is 18.6 Å². The molecule has 0 radical (unpaired) electrons. The molecule has 4 nitrogen and oxygen atoms in total. The smallest absolute Gasteiger partial charge is 0.253 e. The molecule has 1 aromatic rings. The first-order valence-electron chi connectivity index (χ1n) is 7.76. The van der Waals surface area contributed by atoms with Gasteiger partial charge < -0.3 is 14.7 Å². The first kappa shape index (κ1) is 15.8. The van der Waals surface area contributed by atoms with Crippen molar-refractivity contribution in [2.75, 3.05) is 13.6 Å². The number of rotatable bonds is 6. The van der Waals surface area contributed by atoms with E-state index in [2.05, 4.69) is 0 Å². The van der Waals surface area contributed by atoms with Gasteiger partial charge in [-0.2, -0.15) is 0 Å². The van der Waals surface area contributed by atoms with Gasteiger partial charge in [-0.05, 0) is 63.3 Å². The molecule has 1 saturated carbocycles. The molecule has 0 heterocycles. The van der Waals surface area contributed by atoms with Gasteiger partial charge >= 0.3 is 0 Å². The van der Waals surface area contributed by atoms with Crippen LogP contribution in [0, 0.1) is 0 Å². The van der Waals surface area contributed by atoms with Gasteiger partial charge in [0.25, 0.3) is 5.91 Å². The lowest BCUT2D eigenvalue weighted by Crippen LogP contribution is -2.29. The second kappa shape index (κ2) is 7.46. The highest BCUT2D eigenvalue weighted by Crippen LogP contribution is 2.24. The summed E-state index contributed by atoms with van der Waals surface area (Å²) in [5.74, 6) is 0.813. The molecule has 0 spiro atoms. The number of aliphatic hydroxyl groups is 1. The molecular formula is C17H25NO3. The molecule has 1 aromatic carbocycles. The molecule has 1 unspecified atom stereocenters. The zero-order valence-electron chi connectivity index (χ0n) is 12.9. The van der Waals surface area contributed by atoms with Gasteiger partial charge in [0.05, 0.1) is 12.2 Å². The lowest BCUT2D eigenvalue weighted by atomic mass is 10.2. The van der Waals surface area contributed by atoms with Crippen molar-refractivity contribution >= 4 is 5.91 Å². The molecule has 1 atom stereocenters. The molecule has 1 amide bonds. The molecule has 0 aromatic heterocycles. The molecule has 0 bridgehead atoms. The van der Waals surface area contributed by atoms with Crippen LogP contribution in [0.4, 0.5) is 0 Å². The van der Waals surface area contributed by atoms with E-state index >= 15 is 0 Å². The fraction of sp³-hybridized carbons (Fsp3) is 0.588. The Bertz CT molecular complexity index is 450. The van der Waals surface area contributed by atoms with Crippen molar-refractivity contribution in [3.63, 3.8) is 0 Å². The standard InChI is InChI=1S/C17H25NO3/c1-13(19)11-12-18(2)17(20)14-7-9-16(10-8-14)21-15-5-3-4-6-15/h7-10,13,15,19H,3-6,11-12H2,1-2H3. The number of amides is 1. The van der Waals surface area contributed by atoms with Gasteiger partial charge in [0, 0.05) is 19.2 Å². The Morgan fingerprint density at radius 2 is 1.95 bits per heavy atom. The minimum Gasteiger partial charge on any atom is -0.490 e. The summed E-state index contributed by atoms with van der Waals surface area (Å²) in [5, 5.41) is 9.27. The Morgan fingerprint density at radius 1 is 1.33 bits per heavy atom. The van der Waals surface area contributed by atoms with Crippen LogP contribution < -0.4 is 4.74 Å². The highest BCUT2D eigenvalue weighted by molar-refractivity contribution is 5.94. The second-order valence-electron chi connectivity index (χ2n) is 5.91. The SMILES string of the molecule is CC(O)CCN(C)C(=O)c1ccc(OC2CCCC2)cc1. The van der Waals surface area contributed by atoms with E-state index in [1.54, 1.807) is 18.9 Å². The monoisotopic (exact) mass is 291 g/mol. The minimum atomic E-state index is -0.387. The maximum absolute atomic E-state index is 12.2. The first-order valence-corrected chi connectivity index (χ1v) is 7.76. The third-order valence-corrected chi connectivity index (χ3v) is 3.94. The molecule has 2 rings (SSSR count). The van der Waals surface area contributed by atoms with Crippen LogP contribution in [0.25, 0.3) is 0 Å². The maximum atomic E-state index is 12.2. The van der Waals surface area contributed by atoms with Crippen LogP contribution in [0.1, 0.15) is 49.4 Å². The number of nitrogens with zero attached hydrogens (tertiary/aromatic N) is 1. The molecule has 0 saturated heterocycles. The molecule has 116 valence electrons. The molecular weight excluding hydrogens is 266 g/mol. The first-order chi connectivity index (χ1) is 10.1. The summed E-state index contributed by atoms with van der Waals surface area (Å²) in [6.07, 6.45) is 5.28. The molecule has 0 aliphatic heterocycles. The Hall–Kier alpha value is -1.55. The van der Waals surface area contributed by atoms with Gasteiger partial charge in [-0.3, -0.25) is 4.79 Å². The van der Waals surface area contributed by atoms with E-state index in [1.807, 2.05) is 24.3 Å². The molecule has 1 fully saturated rings. The summed E-state index contributed by atoms with van der Waals surface area (Å²) in [4.78, 5) is 13.9. The van der Waals surface area contributed by atoms with E-state index < -0.39 is 0 Å². The van der Waals surface area contributed by atoms with E-state index in [-0.39, 0.29) is 12.0 Å². The predicted octanol–water partition coefficient (Wildman–Crippen LogP) is 2.85. The van der Waals surface area contributed by atoms with Crippen molar-refractivity contribution in [3.8, 4) is 5.75 Å². The lowest BCUT2D eigenvalue weighted by Gasteiger charge is -2.18. The van der Waals surface area contributed by atoms with E-state index in [1.165, 1.54) is 12.8 Å². The third kappa shape index (κ3) is 4.74. The van der Waals surface area contributed by atoms with Gasteiger partial charge in [0.1, 0.15) is 5.75 Å². The van der Waals surface area contributed by atoms with Gasteiger partial charge in [0.2, 0.25) is 0 Å². The van der Waals surface area contributed by atoms with E-state index in [9.17, 15) is 9.90 Å². The molecule has 4 heteroatoms. The third-order valence-electron chi connectivity index (χ3n) is 3.94. The quantitative estimate of drug-likeness (QED) is 0.877. The summed E-state index contributed by atoms with van der Waals surface area (Å²) < 4.78 is 5.89. The molecule has 1 N–H and O–H groups in total. The van der Waals surface area contributed by atoms with Crippen LogP contribution >= 0.6 is 0 Å².